The van der Waals surface area contributed by atoms with E-state index >= 15 is 0 Å². The molecule has 2 aromatic carbocycles. The van der Waals surface area contributed by atoms with Gasteiger partial charge in [-0.2, -0.15) is 0 Å². The molecule has 31 heavy (non-hydrogen) atoms. The van der Waals surface area contributed by atoms with Gasteiger partial charge in [-0.25, -0.2) is 9.97 Å². The maximum absolute atomic E-state index is 13.2. The van der Waals surface area contributed by atoms with Crippen molar-refractivity contribution in [3.05, 3.63) is 92.8 Å². The van der Waals surface area contributed by atoms with E-state index in [9.17, 15) is 9.59 Å². The Bertz CT molecular complexity index is 1310. The van der Waals surface area contributed by atoms with Gasteiger partial charge >= 0.3 is 0 Å². The largest absolute Gasteiger partial charge is 0.310 e. The predicted molar refractivity (Wildman–Crippen MR) is 125 cm³/mol. The molecule has 0 spiro atoms. The Kier molecular flexibility index (Phi) is 6.56. The maximum atomic E-state index is 13.2. The second-order valence-electron chi connectivity index (χ2n) is 6.59. The molecule has 0 fully saturated rings. The van der Waals surface area contributed by atoms with Crippen LogP contribution in [0.15, 0.2) is 76.8 Å². The van der Waals surface area contributed by atoms with E-state index in [0.717, 1.165) is 5.56 Å². The summed E-state index contributed by atoms with van der Waals surface area (Å²) in [6.07, 6.45) is 1.45. The fourth-order valence-corrected chi connectivity index (χ4v) is 4.06. The summed E-state index contributed by atoms with van der Waals surface area (Å²) in [5, 5.41) is 4.69. The number of hydrogen-bond donors (Lipinski definition) is 1. The van der Waals surface area contributed by atoms with Crippen LogP contribution in [0.4, 0.5) is 5.82 Å². The average Bonchev–Trinajstić information content (AvgIpc) is 2.77. The first kappa shape index (κ1) is 21.4. The minimum atomic E-state index is -0.272. The normalized spacial score (nSPS) is 10.9. The molecule has 0 aliphatic rings. The zero-order valence-electron chi connectivity index (χ0n) is 16.1. The molecule has 0 atom stereocenters. The van der Waals surface area contributed by atoms with Crippen LogP contribution in [0.5, 0.6) is 0 Å². The number of aromatic nitrogens is 3. The van der Waals surface area contributed by atoms with Crippen LogP contribution in [-0.2, 0) is 11.3 Å². The van der Waals surface area contributed by atoms with Gasteiger partial charge in [0.15, 0.2) is 5.16 Å². The molecule has 6 nitrogen and oxygen atoms in total. The van der Waals surface area contributed by atoms with Gasteiger partial charge in [0.1, 0.15) is 5.82 Å². The highest BCUT2D eigenvalue weighted by Gasteiger charge is 2.15. The van der Waals surface area contributed by atoms with Gasteiger partial charge in [0.2, 0.25) is 5.91 Å². The molecule has 0 unspecified atom stereocenters. The number of hydrogen-bond acceptors (Lipinski definition) is 5. The van der Waals surface area contributed by atoms with Crippen molar-refractivity contribution >= 4 is 57.6 Å². The van der Waals surface area contributed by atoms with Crippen molar-refractivity contribution < 1.29 is 4.79 Å². The first-order valence-electron chi connectivity index (χ1n) is 9.28. The Balaban J connectivity index is 1.62. The van der Waals surface area contributed by atoms with Crippen molar-refractivity contribution in [1.82, 2.24) is 14.5 Å². The number of carbonyl (C=O) groups is 1. The van der Waals surface area contributed by atoms with Gasteiger partial charge in [-0.15, -0.1) is 0 Å². The Hall–Kier alpha value is -2.87. The summed E-state index contributed by atoms with van der Waals surface area (Å²) in [6.45, 7) is 0.249. The van der Waals surface area contributed by atoms with Gasteiger partial charge in [0.25, 0.3) is 5.56 Å². The van der Waals surface area contributed by atoms with Gasteiger partial charge in [0, 0.05) is 11.2 Å². The van der Waals surface area contributed by atoms with Crippen molar-refractivity contribution in [2.24, 2.45) is 0 Å². The third-order valence-corrected chi connectivity index (χ3v) is 6.01. The van der Waals surface area contributed by atoms with E-state index < -0.39 is 0 Å². The van der Waals surface area contributed by atoms with E-state index in [1.165, 1.54) is 18.0 Å². The number of carbonyl (C=O) groups excluding carboxylic acids is 1. The molecule has 4 aromatic rings. The smallest absolute Gasteiger partial charge is 0.262 e. The first-order valence-corrected chi connectivity index (χ1v) is 11.0. The standard InChI is InChI=1S/C22H16Cl2N4O2S/c23-15-9-10-19(25-11-15)27-20(29)13-31-22-26-18-8-4-2-6-16(18)21(30)28(22)12-14-5-1-3-7-17(14)24/h1-11H,12-13H2,(H,25,27,29). The van der Waals surface area contributed by atoms with Gasteiger partial charge in [0.05, 0.1) is 28.2 Å². The summed E-state index contributed by atoms with van der Waals surface area (Å²) in [5.41, 5.74) is 1.18. The summed E-state index contributed by atoms with van der Waals surface area (Å²) in [4.78, 5) is 34.3. The molecular weight excluding hydrogens is 455 g/mol. The molecule has 1 amide bonds. The summed E-state index contributed by atoms with van der Waals surface area (Å²) in [7, 11) is 0. The first-order chi connectivity index (χ1) is 15.0. The molecule has 2 heterocycles. The van der Waals surface area contributed by atoms with Crippen LogP contribution >= 0.6 is 35.0 Å². The Labute approximate surface area is 192 Å². The molecular formula is C22H16Cl2N4O2S. The van der Waals surface area contributed by atoms with Gasteiger partial charge in [-0.05, 0) is 35.9 Å². The van der Waals surface area contributed by atoms with Crippen LogP contribution in [0, 0.1) is 0 Å². The monoisotopic (exact) mass is 470 g/mol. The molecule has 0 radical (unpaired) electrons. The Morgan fingerprint density at radius 2 is 1.81 bits per heavy atom. The molecule has 0 saturated heterocycles. The number of halogens is 2. The number of thioether (sulfide) groups is 1. The third kappa shape index (κ3) is 5.07. The van der Waals surface area contributed by atoms with Crippen LogP contribution in [0.1, 0.15) is 5.56 Å². The average molecular weight is 471 g/mol. The summed E-state index contributed by atoms with van der Waals surface area (Å²) in [5.74, 6) is 0.180. The molecule has 156 valence electrons. The SMILES string of the molecule is O=C(CSc1nc2ccccc2c(=O)n1Cc1ccccc1Cl)Nc1ccc(Cl)cn1. The number of benzene rings is 2. The fourth-order valence-electron chi connectivity index (χ4n) is 2.95. The van der Waals surface area contributed by atoms with Crippen molar-refractivity contribution in [1.29, 1.82) is 0 Å². The summed E-state index contributed by atoms with van der Waals surface area (Å²) < 4.78 is 1.54. The highest BCUT2D eigenvalue weighted by molar-refractivity contribution is 7.99. The zero-order valence-corrected chi connectivity index (χ0v) is 18.4. The Morgan fingerprint density at radius 1 is 1.03 bits per heavy atom. The predicted octanol–water partition coefficient (Wildman–Crippen LogP) is 4.88. The number of nitrogens with zero attached hydrogens (tertiary/aromatic N) is 3. The lowest BCUT2D eigenvalue weighted by atomic mass is 10.2. The molecule has 0 aliphatic carbocycles. The molecule has 9 heteroatoms. The Morgan fingerprint density at radius 3 is 2.58 bits per heavy atom. The molecule has 2 aromatic heterocycles. The number of pyridine rings is 1. The van der Waals surface area contributed by atoms with Gasteiger partial charge in [-0.3, -0.25) is 14.2 Å². The second-order valence-corrected chi connectivity index (χ2v) is 8.38. The van der Waals surface area contributed by atoms with Crippen molar-refractivity contribution in [2.45, 2.75) is 11.7 Å². The number of amides is 1. The van der Waals surface area contributed by atoms with E-state index in [1.807, 2.05) is 24.3 Å². The van der Waals surface area contributed by atoms with Crippen LogP contribution < -0.4 is 10.9 Å². The number of fused-ring (bicyclic) bond motifs is 1. The van der Waals surface area contributed by atoms with E-state index in [2.05, 4.69) is 15.3 Å². The minimum Gasteiger partial charge on any atom is -0.310 e. The fraction of sp³-hybridized carbons (Fsp3) is 0.0909. The lowest BCUT2D eigenvalue weighted by Crippen LogP contribution is -2.25. The second kappa shape index (κ2) is 9.51. The maximum Gasteiger partial charge on any atom is 0.262 e. The quantitative estimate of drug-likeness (QED) is 0.321. The number of rotatable bonds is 6. The van der Waals surface area contributed by atoms with Gasteiger partial charge < -0.3 is 5.32 Å². The lowest BCUT2D eigenvalue weighted by molar-refractivity contribution is -0.113. The van der Waals surface area contributed by atoms with Crippen LogP contribution in [0.3, 0.4) is 0 Å². The van der Waals surface area contributed by atoms with Gasteiger partial charge in [-0.1, -0.05) is 65.3 Å². The number of nitrogens with one attached hydrogen (secondary N) is 1. The van der Waals surface area contributed by atoms with Crippen LogP contribution in [0.25, 0.3) is 10.9 Å². The van der Waals surface area contributed by atoms with Crippen molar-refractivity contribution in [3.8, 4) is 0 Å². The molecule has 0 bridgehead atoms. The number of anilines is 1. The van der Waals surface area contributed by atoms with E-state index in [4.69, 9.17) is 23.2 Å². The van der Waals surface area contributed by atoms with Crippen molar-refractivity contribution in [2.75, 3.05) is 11.1 Å². The van der Waals surface area contributed by atoms with E-state index in [-0.39, 0.29) is 23.8 Å². The summed E-state index contributed by atoms with van der Waals surface area (Å²) >= 11 is 13.3. The lowest BCUT2D eigenvalue weighted by Gasteiger charge is -2.14. The third-order valence-electron chi connectivity index (χ3n) is 4.44. The van der Waals surface area contributed by atoms with E-state index in [1.54, 1.807) is 41.0 Å². The zero-order chi connectivity index (χ0) is 21.8. The van der Waals surface area contributed by atoms with Crippen LogP contribution in [0.2, 0.25) is 10.0 Å². The van der Waals surface area contributed by atoms with E-state index in [0.29, 0.717) is 31.9 Å². The highest BCUT2D eigenvalue weighted by Crippen LogP contribution is 2.22. The molecule has 0 saturated carbocycles. The molecule has 4 rings (SSSR count). The topological polar surface area (TPSA) is 76.9 Å². The summed E-state index contributed by atoms with van der Waals surface area (Å²) in [6, 6.07) is 17.7. The molecule has 0 aliphatic heterocycles. The van der Waals surface area contributed by atoms with Crippen molar-refractivity contribution in [3.63, 3.8) is 0 Å². The molecule has 1 N–H and O–H groups in total. The minimum absolute atomic E-state index is 0.0532. The highest BCUT2D eigenvalue weighted by atomic mass is 35.5. The van der Waals surface area contributed by atoms with Crippen LogP contribution in [-0.4, -0.2) is 26.2 Å². The number of para-hydroxylation sites is 1.